The van der Waals surface area contributed by atoms with Crippen LogP contribution in [0.15, 0.2) is 6.20 Å². The van der Waals surface area contributed by atoms with Crippen LogP contribution in [0, 0.1) is 0 Å². The summed E-state index contributed by atoms with van der Waals surface area (Å²) in [5, 5.41) is 8.65. The quantitative estimate of drug-likeness (QED) is 0.745. The fourth-order valence-electron chi connectivity index (χ4n) is 1.17. The minimum Gasteiger partial charge on any atom is -0.480 e. The van der Waals surface area contributed by atoms with E-state index in [1.807, 2.05) is 20.8 Å². The van der Waals surface area contributed by atoms with E-state index in [4.69, 9.17) is 10.8 Å². The maximum Gasteiger partial charge on any atom is 0.320 e. The molecule has 4 N–H and O–H groups in total. The van der Waals surface area contributed by atoms with E-state index in [0.29, 0.717) is 0 Å². The molecule has 0 saturated carbocycles. The molecular formula is C10H18ClN3O2. The average molecular weight is 248 g/mol. The van der Waals surface area contributed by atoms with Crippen molar-refractivity contribution < 1.29 is 9.90 Å². The molecule has 6 heteroatoms. The van der Waals surface area contributed by atoms with Crippen LogP contribution in [-0.4, -0.2) is 27.1 Å². The van der Waals surface area contributed by atoms with E-state index < -0.39 is 12.0 Å². The van der Waals surface area contributed by atoms with Gasteiger partial charge in [0.2, 0.25) is 0 Å². The first-order valence-corrected chi connectivity index (χ1v) is 4.83. The fourth-order valence-corrected chi connectivity index (χ4v) is 1.17. The van der Waals surface area contributed by atoms with Crippen LogP contribution in [0.1, 0.15) is 32.3 Å². The lowest BCUT2D eigenvalue weighted by Gasteiger charge is -2.14. The smallest absolute Gasteiger partial charge is 0.320 e. The van der Waals surface area contributed by atoms with Crippen molar-refractivity contribution in [1.82, 2.24) is 9.97 Å². The average Bonchev–Trinajstić information content (AvgIpc) is 2.51. The van der Waals surface area contributed by atoms with Crippen LogP contribution in [0.25, 0.3) is 0 Å². The number of aromatic amines is 1. The second-order valence-electron chi connectivity index (χ2n) is 4.66. The monoisotopic (exact) mass is 247 g/mol. The number of carboxylic acids is 1. The van der Waals surface area contributed by atoms with Crippen molar-refractivity contribution in [2.45, 2.75) is 38.6 Å². The van der Waals surface area contributed by atoms with Gasteiger partial charge < -0.3 is 15.8 Å². The first-order valence-electron chi connectivity index (χ1n) is 4.83. The Balaban J connectivity index is 0.00000225. The number of nitrogens with one attached hydrogen (secondary N) is 1. The minimum atomic E-state index is -0.998. The summed E-state index contributed by atoms with van der Waals surface area (Å²) in [6.45, 7) is 6.10. The molecule has 5 nitrogen and oxygen atoms in total. The molecule has 16 heavy (non-hydrogen) atoms. The highest BCUT2D eigenvalue weighted by Gasteiger charge is 2.19. The highest BCUT2D eigenvalue weighted by atomic mass is 35.5. The highest BCUT2D eigenvalue weighted by Crippen LogP contribution is 2.18. The number of carboxylic acid groups (broad SMARTS) is 1. The Labute approximate surface area is 101 Å². The Bertz CT molecular complexity index is 357. The zero-order valence-corrected chi connectivity index (χ0v) is 10.5. The van der Waals surface area contributed by atoms with Gasteiger partial charge in [-0.1, -0.05) is 20.8 Å². The van der Waals surface area contributed by atoms with Gasteiger partial charge in [0.1, 0.15) is 11.9 Å². The van der Waals surface area contributed by atoms with Gasteiger partial charge in [-0.3, -0.25) is 4.79 Å². The molecule has 0 aliphatic rings. The Hall–Kier alpha value is -1.07. The predicted octanol–water partition coefficient (Wildman–Crippen LogP) is 1.08. The van der Waals surface area contributed by atoms with Gasteiger partial charge in [0.05, 0.1) is 0 Å². The van der Waals surface area contributed by atoms with Crippen molar-refractivity contribution in [2.24, 2.45) is 5.73 Å². The van der Waals surface area contributed by atoms with Gasteiger partial charge in [0.25, 0.3) is 0 Å². The van der Waals surface area contributed by atoms with Crippen LogP contribution in [0.5, 0.6) is 0 Å². The third kappa shape index (κ3) is 3.83. The first kappa shape index (κ1) is 14.9. The summed E-state index contributed by atoms with van der Waals surface area (Å²) in [4.78, 5) is 17.8. The summed E-state index contributed by atoms with van der Waals surface area (Å²) < 4.78 is 0. The highest BCUT2D eigenvalue weighted by molar-refractivity contribution is 5.85. The van der Waals surface area contributed by atoms with Gasteiger partial charge in [0, 0.05) is 23.7 Å². The molecule has 0 radical (unpaired) electrons. The topological polar surface area (TPSA) is 92.0 Å². The number of nitrogens with two attached hydrogens (primary N) is 1. The third-order valence-electron chi connectivity index (χ3n) is 2.10. The van der Waals surface area contributed by atoms with Crippen molar-refractivity contribution in [3.05, 3.63) is 17.7 Å². The molecular weight excluding hydrogens is 230 g/mol. The molecule has 0 bridgehead atoms. The molecule has 0 aliphatic heterocycles. The molecule has 1 unspecified atom stereocenters. The molecule has 1 aromatic rings. The van der Waals surface area contributed by atoms with E-state index >= 15 is 0 Å². The van der Waals surface area contributed by atoms with E-state index in [2.05, 4.69) is 9.97 Å². The molecule has 92 valence electrons. The van der Waals surface area contributed by atoms with Gasteiger partial charge in [-0.05, 0) is 0 Å². The first-order chi connectivity index (χ1) is 6.80. The Morgan fingerprint density at radius 2 is 2.19 bits per heavy atom. The molecule has 0 saturated heterocycles. The third-order valence-corrected chi connectivity index (χ3v) is 2.10. The zero-order valence-electron chi connectivity index (χ0n) is 9.65. The van der Waals surface area contributed by atoms with Crippen LogP contribution < -0.4 is 5.73 Å². The number of halogens is 1. The van der Waals surface area contributed by atoms with Crippen LogP contribution in [0.4, 0.5) is 0 Å². The molecule has 1 atom stereocenters. The molecule has 1 aromatic heterocycles. The van der Waals surface area contributed by atoms with Crippen LogP contribution in [0.3, 0.4) is 0 Å². The largest absolute Gasteiger partial charge is 0.480 e. The molecule has 1 rings (SSSR count). The number of nitrogens with zero attached hydrogens (tertiary/aromatic N) is 1. The van der Waals surface area contributed by atoms with Crippen molar-refractivity contribution in [1.29, 1.82) is 0 Å². The minimum absolute atomic E-state index is 0. The Morgan fingerprint density at radius 3 is 2.56 bits per heavy atom. The molecule has 0 spiro atoms. The van der Waals surface area contributed by atoms with Gasteiger partial charge >= 0.3 is 5.97 Å². The SMILES string of the molecule is CC(C)(C)c1ncc(CC(N)C(=O)O)[nH]1.Cl. The molecule has 0 fully saturated rings. The van der Waals surface area contributed by atoms with E-state index in [1.165, 1.54) is 0 Å². The number of rotatable bonds is 3. The normalized spacial score (nSPS) is 13.0. The maximum atomic E-state index is 10.5. The van der Waals surface area contributed by atoms with Crippen molar-refractivity contribution in [3.63, 3.8) is 0 Å². The van der Waals surface area contributed by atoms with Gasteiger partial charge in [-0.15, -0.1) is 12.4 Å². The van der Waals surface area contributed by atoms with Crippen molar-refractivity contribution in [3.8, 4) is 0 Å². The van der Waals surface area contributed by atoms with Gasteiger partial charge in [-0.2, -0.15) is 0 Å². The standard InChI is InChI=1S/C10H17N3O2.ClH/c1-10(2,3)9-12-5-6(13-9)4-7(11)8(14)15;/h5,7H,4,11H2,1-3H3,(H,12,13)(H,14,15);1H. The Kier molecular flexibility index (Phi) is 4.96. The number of hydrogen-bond donors (Lipinski definition) is 3. The predicted molar refractivity (Wildman–Crippen MR) is 63.9 cm³/mol. The summed E-state index contributed by atoms with van der Waals surface area (Å²) in [5.74, 6) is -0.156. The van der Waals surface area contributed by atoms with Gasteiger partial charge in [0.15, 0.2) is 0 Å². The lowest BCUT2D eigenvalue weighted by Crippen LogP contribution is -2.32. The van der Waals surface area contributed by atoms with Crippen molar-refractivity contribution in [2.75, 3.05) is 0 Å². The van der Waals surface area contributed by atoms with Gasteiger partial charge in [-0.25, -0.2) is 4.98 Å². The number of imidazole rings is 1. The molecule has 0 aromatic carbocycles. The molecule has 0 amide bonds. The summed E-state index contributed by atoms with van der Waals surface area (Å²) in [6.07, 6.45) is 1.92. The lowest BCUT2D eigenvalue weighted by atomic mass is 9.96. The van der Waals surface area contributed by atoms with Crippen LogP contribution in [-0.2, 0) is 16.6 Å². The number of aliphatic carboxylic acids is 1. The van der Waals surface area contributed by atoms with Crippen molar-refractivity contribution >= 4 is 18.4 Å². The number of hydrogen-bond acceptors (Lipinski definition) is 3. The van der Waals surface area contributed by atoms with Crippen LogP contribution in [0.2, 0.25) is 0 Å². The summed E-state index contributed by atoms with van der Waals surface area (Å²) in [7, 11) is 0. The number of carbonyl (C=O) groups is 1. The number of H-pyrrole nitrogens is 1. The lowest BCUT2D eigenvalue weighted by molar-refractivity contribution is -0.138. The van der Waals surface area contributed by atoms with E-state index in [0.717, 1.165) is 11.5 Å². The second-order valence-corrected chi connectivity index (χ2v) is 4.66. The van der Waals surface area contributed by atoms with E-state index in [-0.39, 0.29) is 24.2 Å². The van der Waals surface area contributed by atoms with Crippen LogP contribution >= 0.6 is 12.4 Å². The second kappa shape index (κ2) is 5.32. The zero-order chi connectivity index (χ0) is 11.6. The van der Waals surface area contributed by atoms with E-state index in [1.54, 1.807) is 6.20 Å². The van der Waals surface area contributed by atoms with E-state index in [9.17, 15) is 4.79 Å². The number of aromatic nitrogens is 2. The molecule has 0 aliphatic carbocycles. The summed E-state index contributed by atoms with van der Waals surface area (Å²) >= 11 is 0. The summed E-state index contributed by atoms with van der Waals surface area (Å²) in [5.41, 5.74) is 6.11. The maximum absolute atomic E-state index is 10.5. The summed E-state index contributed by atoms with van der Waals surface area (Å²) in [6, 6.07) is -0.877. The Morgan fingerprint density at radius 1 is 1.62 bits per heavy atom. The molecule has 1 heterocycles. The fraction of sp³-hybridized carbons (Fsp3) is 0.600.